The number of hydrogen-bond donors (Lipinski definition) is 1. The molecule has 1 fully saturated rings. The molecule has 3 nitrogen and oxygen atoms in total. The van der Waals surface area contributed by atoms with Crippen molar-refractivity contribution in [3.8, 4) is 0 Å². The molecular formula is C13H19N3S. The van der Waals surface area contributed by atoms with Gasteiger partial charge in [0.2, 0.25) is 0 Å². The van der Waals surface area contributed by atoms with E-state index in [1.807, 2.05) is 19.1 Å². The minimum absolute atomic E-state index is 0.439. The molecule has 1 aliphatic carbocycles. The van der Waals surface area contributed by atoms with Crippen LogP contribution in [-0.4, -0.2) is 23.6 Å². The molecule has 0 aromatic carbocycles. The third-order valence-electron chi connectivity index (χ3n) is 3.37. The van der Waals surface area contributed by atoms with E-state index in [1.165, 1.54) is 19.3 Å². The summed E-state index contributed by atoms with van der Waals surface area (Å²) in [5, 5.41) is 0. The van der Waals surface area contributed by atoms with Crippen molar-refractivity contribution in [2.75, 3.05) is 18.5 Å². The van der Waals surface area contributed by atoms with E-state index in [0.717, 1.165) is 29.5 Å². The van der Waals surface area contributed by atoms with Crippen LogP contribution in [-0.2, 0) is 0 Å². The molecule has 4 heteroatoms. The van der Waals surface area contributed by atoms with E-state index < -0.39 is 0 Å². The average molecular weight is 249 g/mol. The van der Waals surface area contributed by atoms with Crippen molar-refractivity contribution < 1.29 is 0 Å². The molecular weight excluding hydrogens is 230 g/mol. The lowest BCUT2D eigenvalue weighted by molar-refractivity contribution is 0.321. The highest BCUT2D eigenvalue weighted by atomic mass is 32.1. The Kier molecular flexibility index (Phi) is 3.62. The highest BCUT2D eigenvalue weighted by Gasteiger charge is 2.20. The van der Waals surface area contributed by atoms with Crippen LogP contribution in [0.5, 0.6) is 0 Å². The lowest BCUT2D eigenvalue weighted by atomic mass is 9.85. The van der Waals surface area contributed by atoms with Gasteiger partial charge in [-0.3, -0.25) is 0 Å². The van der Waals surface area contributed by atoms with Gasteiger partial charge >= 0.3 is 0 Å². The first-order valence-corrected chi connectivity index (χ1v) is 6.46. The Labute approximate surface area is 108 Å². The van der Waals surface area contributed by atoms with Crippen LogP contribution in [0.25, 0.3) is 0 Å². The van der Waals surface area contributed by atoms with Crippen LogP contribution in [0.15, 0.2) is 12.1 Å². The summed E-state index contributed by atoms with van der Waals surface area (Å²) in [4.78, 5) is 7.18. The second-order valence-corrected chi connectivity index (χ2v) is 5.34. The Balaban J connectivity index is 2.15. The Morgan fingerprint density at radius 2 is 2.24 bits per heavy atom. The molecule has 0 bridgehead atoms. The van der Waals surface area contributed by atoms with Crippen LogP contribution in [0.4, 0.5) is 5.82 Å². The number of nitrogens with zero attached hydrogens (tertiary/aromatic N) is 2. The third-order valence-corrected chi connectivity index (χ3v) is 3.61. The molecule has 2 rings (SSSR count). The van der Waals surface area contributed by atoms with Gasteiger partial charge in [-0.1, -0.05) is 18.6 Å². The van der Waals surface area contributed by atoms with Crippen LogP contribution in [0, 0.1) is 12.8 Å². The van der Waals surface area contributed by atoms with E-state index in [0.29, 0.717) is 4.99 Å². The molecule has 2 N–H and O–H groups in total. The van der Waals surface area contributed by atoms with E-state index in [4.69, 9.17) is 18.0 Å². The van der Waals surface area contributed by atoms with Crippen molar-refractivity contribution in [3.05, 3.63) is 23.4 Å². The van der Waals surface area contributed by atoms with Gasteiger partial charge in [-0.05, 0) is 37.8 Å². The first-order chi connectivity index (χ1) is 8.06. The van der Waals surface area contributed by atoms with Gasteiger partial charge < -0.3 is 10.6 Å². The summed E-state index contributed by atoms with van der Waals surface area (Å²) in [5.41, 5.74) is 7.54. The van der Waals surface area contributed by atoms with E-state index in [-0.39, 0.29) is 0 Å². The van der Waals surface area contributed by atoms with E-state index in [9.17, 15) is 0 Å². The summed E-state index contributed by atoms with van der Waals surface area (Å²) >= 11 is 5.02. The molecule has 1 saturated carbocycles. The normalized spacial score (nSPS) is 15.4. The predicted octanol–water partition coefficient (Wildman–Crippen LogP) is 2.26. The van der Waals surface area contributed by atoms with Crippen LogP contribution in [0.3, 0.4) is 0 Å². The number of hydrogen-bond acceptors (Lipinski definition) is 3. The van der Waals surface area contributed by atoms with Crippen molar-refractivity contribution >= 4 is 23.0 Å². The Morgan fingerprint density at radius 1 is 1.53 bits per heavy atom. The predicted molar refractivity (Wildman–Crippen MR) is 75.5 cm³/mol. The fraction of sp³-hybridized carbons (Fsp3) is 0.538. The molecule has 0 amide bonds. The summed E-state index contributed by atoms with van der Waals surface area (Å²) in [6, 6.07) is 3.91. The topological polar surface area (TPSA) is 42.1 Å². The zero-order chi connectivity index (χ0) is 12.4. The van der Waals surface area contributed by atoms with Crippen molar-refractivity contribution in [3.63, 3.8) is 0 Å². The number of aryl methyl sites for hydroxylation is 1. The maximum absolute atomic E-state index is 5.68. The second-order valence-electron chi connectivity index (χ2n) is 4.90. The largest absolute Gasteiger partial charge is 0.389 e. The molecule has 1 heterocycles. The van der Waals surface area contributed by atoms with Gasteiger partial charge in [0.1, 0.15) is 10.8 Å². The highest BCUT2D eigenvalue weighted by molar-refractivity contribution is 7.80. The lowest BCUT2D eigenvalue weighted by Crippen LogP contribution is -2.30. The minimum Gasteiger partial charge on any atom is -0.389 e. The van der Waals surface area contributed by atoms with E-state index >= 15 is 0 Å². The quantitative estimate of drug-likeness (QED) is 0.831. The van der Waals surface area contributed by atoms with Crippen LogP contribution in [0.2, 0.25) is 0 Å². The van der Waals surface area contributed by atoms with Gasteiger partial charge in [-0.25, -0.2) is 4.98 Å². The maximum atomic E-state index is 5.68. The summed E-state index contributed by atoms with van der Waals surface area (Å²) in [6.07, 6.45) is 4.06. The van der Waals surface area contributed by atoms with E-state index in [1.54, 1.807) is 0 Å². The highest BCUT2D eigenvalue weighted by Crippen LogP contribution is 2.28. The average Bonchev–Trinajstić information content (AvgIpc) is 2.22. The van der Waals surface area contributed by atoms with Crippen LogP contribution < -0.4 is 10.6 Å². The van der Waals surface area contributed by atoms with Crippen molar-refractivity contribution in [1.82, 2.24) is 4.98 Å². The number of nitrogens with two attached hydrogens (primary N) is 1. The molecule has 0 aliphatic heterocycles. The Hall–Kier alpha value is -1.16. The Bertz CT molecular complexity index is 427. The standard InChI is InChI=1S/C13H19N3S/c1-9-6-11(13(14)17)7-12(15-9)16(2)8-10-4-3-5-10/h6-7,10H,3-5,8H2,1-2H3,(H2,14,17). The number of pyridine rings is 1. The molecule has 1 aromatic rings. The maximum Gasteiger partial charge on any atom is 0.129 e. The fourth-order valence-electron chi connectivity index (χ4n) is 2.15. The molecule has 17 heavy (non-hydrogen) atoms. The fourth-order valence-corrected chi connectivity index (χ4v) is 2.26. The van der Waals surface area contributed by atoms with Crippen molar-refractivity contribution in [2.24, 2.45) is 11.7 Å². The summed E-state index contributed by atoms with van der Waals surface area (Å²) in [5.74, 6) is 1.80. The molecule has 1 aromatic heterocycles. The summed E-state index contributed by atoms with van der Waals surface area (Å²) in [7, 11) is 2.09. The lowest BCUT2D eigenvalue weighted by Gasteiger charge is -2.31. The van der Waals surface area contributed by atoms with Gasteiger partial charge in [-0.2, -0.15) is 0 Å². The van der Waals surface area contributed by atoms with Crippen LogP contribution in [0.1, 0.15) is 30.5 Å². The van der Waals surface area contributed by atoms with Gasteiger partial charge in [0.05, 0.1) is 0 Å². The molecule has 0 atom stereocenters. The number of anilines is 1. The number of thiocarbonyl (C=S) groups is 1. The molecule has 92 valence electrons. The molecule has 0 unspecified atom stereocenters. The summed E-state index contributed by atoms with van der Waals surface area (Å²) in [6.45, 7) is 3.05. The molecule has 0 saturated heterocycles. The SMILES string of the molecule is Cc1cc(C(N)=S)cc(N(C)CC2CCC2)n1. The minimum atomic E-state index is 0.439. The summed E-state index contributed by atoms with van der Waals surface area (Å²) < 4.78 is 0. The third kappa shape index (κ3) is 2.94. The van der Waals surface area contributed by atoms with Gasteiger partial charge in [0, 0.05) is 24.8 Å². The van der Waals surface area contributed by atoms with Gasteiger partial charge in [-0.15, -0.1) is 0 Å². The van der Waals surface area contributed by atoms with Gasteiger partial charge in [0.15, 0.2) is 0 Å². The number of rotatable bonds is 4. The van der Waals surface area contributed by atoms with Crippen molar-refractivity contribution in [2.45, 2.75) is 26.2 Å². The second kappa shape index (κ2) is 5.00. The first-order valence-electron chi connectivity index (χ1n) is 6.06. The van der Waals surface area contributed by atoms with Crippen molar-refractivity contribution in [1.29, 1.82) is 0 Å². The Morgan fingerprint density at radius 3 is 2.76 bits per heavy atom. The van der Waals surface area contributed by atoms with Crippen LogP contribution >= 0.6 is 12.2 Å². The molecule has 1 aliphatic rings. The molecule has 0 spiro atoms. The number of aromatic nitrogens is 1. The monoisotopic (exact) mass is 249 g/mol. The molecule has 0 radical (unpaired) electrons. The smallest absolute Gasteiger partial charge is 0.129 e. The first kappa shape index (κ1) is 12.3. The zero-order valence-corrected chi connectivity index (χ0v) is 11.3. The zero-order valence-electron chi connectivity index (χ0n) is 10.4. The van der Waals surface area contributed by atoms with E-state index in [2.05, 4.69) is 16.9 Å². The van der Waals surface area contributed by atoms with Gasteiger partial charge in [0.25, 0.3) is 0 Å².